The third kappa shape index (κ3) is 2.57. The molecule has 0 aromatic heterocycles. The quantitative estimate of drug-likeness (QED) is 0.751. The summed E-state index contributed by atoms with van der Waals surface area (Å²) in [6.45, 7) is 0.861. The van der Waals surface area contributed by atoms with Gasteiger partial charge in [0.15, 0.2) is 5.11 Å². The van der Waals surface area contributed by atoms with Gasteiger partial charge in [0.2, 0.25) is 5.91 Å². The second-order valence-corrected chi connectivity index (χ2v) is 6.72. The molecule has 4 nitrogen and oxygen atoms in total. The van der Waals surface area contributed by atoms with Gasteiger partial charge in [-0.05, 0) is 62.6 Å². The average molecular weight is 281 g/mol. The summed E-state index contributed by atoms with van der Waals surface area (Å²) < 4.78 is 0. The van der Waals surface area contributed by atoms with Crippen LogP contribution in [0.1, 0.15) is 44.9 Å². The number of carbonyl (C=O) groups is 1. The van der Waals surface area contributed by atoms with E-state index < -0.39 is 0 Å². The van der Waals surface area contributed by atoms with E-state index in [2.05, 4.69) is 5.32 Å². The molecule has 19 heavy (non-hydrogen) atoms. The van der Waals surface area contributed by atoms with Gasteiger partial charge in [-0.2, -0.15) is 0 Å². The lowest BCUT2D eigenvalue weighted by atomic mass is 9.95. The molecule has 0 radical (unpaired) electrons. The summed E-state index contributed by atoms with van der Waals surface area (Å²) in [6, 6.07) is 0.328. The van der Waals surface area contributed by atoms with Crippen LogP contribution in [0.15, 0.2) is 0 Å². The molecular weight excluding hydrogens is 258 g/mol. The van der Waals surface area contributed by atoms with Crippen molar-refractivity contribution in [1.82, 2.24) is 10.2 Å². The summed E-state index contributed by atoms with van der Waals surface area (Å²) >= 11 is 5.53. The van der Waals surface area contributed by atoms with Gasteiger partial charge in [-0.25, -0.2) is 0 Å². The van der Waals surface area contributed by atoms with Crippen molar-refractivity contribution in [3.05, 3.63) is 0 Å². The van der Waals surface area contributed by atoms with Crippen molar-refractivity contribution in [3.8, 4) is 0 Å². The van der Waals surface area contributed by atoms with Crippen molar-refractivity contribution >= 4 is 23.2 Å². The highest BCUT2D eigenvalue weighted by Crippen LogP contribution is 2.44. The molecule has 4 atom stereocenters. The van der Waals surface area contributed by atoms with E-state index in [0.29, 0.717) is 6.04 Å². The molecule has 3 fully saturated rings. The molecule has 3 aliphatic rings. The lowest BCUT2D eigenvalue weighted by molar-refractivity contribution is -0.122. The molecule has 5 heteroatoms. The molecule has 2 aliphatic carbocycles. The Kier molecular flexibility index (Phi) is 3.65. The molecule has 0 aromatic carbocycles. The fourth-order valence-electron chi connectivity index (χ4n) is 4.13. The van der Waals surface area contributed by atoms with Gasteiger partial charge in [0.25, 0.3) is 0 Å². The Labute approximate surface area is 120 Å². The molecule has 1 aliphatic heterocycles. The monoisotopic (exact) mass is 281 g/mol. The van der Waals surface area contributed by atoms with Crippen molar-refractivity contribution < 1.29 is 4.79 Å². The van der Waals surface area contributed by atoms with Crippen molar-refractivity contribution in [2.75, 3.05) is 6.54 Å². The zero-order chi connectivity index (χ0) is 13.4. The second-order valence-electron chi connectivity index (χ2n) is 6.34. The predicted octanol–water partition coefficient (Wildman–Crippen LogP) is 1.39. The number of thiocarbonyl (C=S) groups is 1. The Morgan fingerprint density at radius 1 is 1.21 bits per heavy atom. The van der Waals surface area contributed by atoms with Crippen LogP contribution in [0.25, 0.3) is 0 Å². The van der Waals surface area contributed by atoms with Gasteiger partial charge >= 0.3 is 0 Å². The third-order valence-corrected chi connectivity index (χ3v) is 5.49. The van der Waals surface area contributed by atoms with E-state index in [9.17, 15) is 4.79 Å². The molecule has 2 saturated carbocycles. The molecule has 3 rings (SSSR count). The number of carbonyl (C=O) groups excluding carboxylic acids is 1. The first-order valence-electron chi connectivity index (χ1n) is 7.51. The highest BCUT2D eigenvalue weighted by molar-refractivity contribution is 7.80. The Balaban J connectivity index is 1.61. The number of rotatable bonds is 2. The summed E-state index contributed by atoms with van der Waals surface area (Å²) in [5.41, 5.74) is 5.50. The maximum Gasteiger partial charge on any atom is 0.240 e. The van der Waals surface area contributed by atoms with Crippen LogP contribution in [0.5, 0.6) is 0 Å². The maximum absolute atomic E-state index is 11.5. The van der Waals surface area contributed by atoms with Crippen LogP contribution in [-0.4, -0.2) is 34.5 Å². The summed E-state index contributed by atoms with van der Waals surface area (Å²) in [5.74, 6) is 1.45. The number of nitrogens with one attached hydrogen (secondary N) is 1. The van der Waals surface area contributed by atoms with E-state index in [4.69, 9.17) is 18.0 Å². The Morgan fingerprint density at radius 2 is 2.05 bits per heavy atom. The van der Waals surface area contributed by atoms with Gasteiger partial charge in [-0.3, -0.25) is 4.79 Å². The van der Waals surface area contributed by atoms with E-state index in [-0.39, 0.29) is 11.9 Å². The van der Waals surface area contributed by atoms with Crippen molar-refractivity contribution in [3.63, 3.8) is 0 Å². The molecule has 2 bridgehead atoms. The van der Waals surface area contributed by atoms with Crippen LogP contribution in [0, 0.1) is 11.8 Å². The first-order chi connectivity index (χ1) is 9.15. The van der Waals surface area contributed by atoms with Crippen LogP contribution in [-0.2, 0) is 4.79 Å². The first-order valence-corrected chi connectivity index (χ1v) is 7.92. The van der Waals surface area contributed by atoms with E-state index in [1.807, 2.05) is 4.90 Å². The highest BCUT2D eigenvalue weighted by atomic mass is 32.1. The van der Waals surface area contributed by atoms with Crippen LogP contribution in [0.4, 0.5) is 0 Å². The Hall–Kier alpha value is -0.840. The molecule has 0 spiro atoms. The number of nitrogens with zero attached hydrogens (tertiary/aromatic N) is 1. The van der Waals surface area contributed by atoms with Gasteiger partial charge in [0.05, 0.1) is 0 Å². The minimum Gasteiger partial charge on any atom is -0.368 e. The zero-order valence-electron chi connectivity index (χ0n) is 11.3. The number of piperidine rings is 1. The van der Waals surface area contributed by atoms with E-state index >= 15 is 0 Å². The lowest BCUT2D eigenvalue weighted by Crippen LogP contribution is -2.55. The largest absolute Gasteiger partial charge is 0.368 e. The number of likely N-dealkylation sites (tertiary alicyclic amines) is 1. The predicted molar refractivity (Wildman–Crippen MR) is 78.5 cm³/mol. The normalized spacial score (nSPS) is 37.4. The van der Waals surface area contributed by atoms with Crippen molar-refractivity contribution in [2.45, 2.75) is 57.0 Å². The topological polar surface area (TPSA) is 58.4 Å². The number of hydrogen-bond acceptors (Lipinski definition) is 2. The SMILES string of the molecule is NC(=O)[C@@H]1CCCCN1C(=S)N[C@@H]1C[C@@H]2CC[C@@H]1C2. The number of primary amides is 1. The summed E-state index contributed by atoms with van der Waals surface area (Å²) in [4.78, 5) is 13.5. The second kappa shape index (κ2) is 5.27. The summed E-state index contributed by atoms with van der Waals surface area (Å²) in [7, 11) is 0. The summed E-state index contributed by atoms with van der Waals surface area (Å²) in [5, 5.41) is 4.27. The van der Waals surface area contributed by atoms with E-state index in [0.717, 1.165) is 42.8 Å². The smallest absolute Gasteiger partial charge is 0.240 e. The molecule has 1 heterocycles. The lowest BCUT2D eigenvalue weighted by Gasteiger charge is -2.37. The van der Waals surface area contributed by atoms with Crippen LogP contribution < -0.4 is 11.1 Å². The Morgan fingerprint density at radius 3 is 2.68 bits per heavy atom. The van der Waals surface area contributed by atoms with Gasteiger partial charge < -0.3 is 16.0 Å². The maximum atomic E-state index is 11.5. The van der Waals surface area contributed by atoms with Crippen LogP contribution in [0.3, 0.4) is 0 Å². The molecule has 106 valence electrons. The van der Waals surface area contributed by atoms with E-state index in [1.165, 1.54) is 25.7 Å². The Bertz CT molecular complexity index is 387. The molecule has 1 saturated heterocycles. The third-order valence-electron chi connectivity index (χ3n) is 5.14. The van der Waals surface area contributed by atoms with Crippen LogP contribution >= 0.6 is 12.2 Å². The number of amides is 1. The standard InChI is InChI=1S/C14H23N3OS/c15-13(18)12-3-1-2-6-17(12)14(19)16-11-8-9-4-5-10(11)7-9/h9-12H,1-8H2,(H2,15,18)(H,16,19)/t9-,10-,11-,12+/m1/s1. The van der Waals surface area contributed by atoms with Gasteiger partial charge in [0.1, 0.15) is 6.04 Å². The molecule has 0 unspecified atom stereocenters. The zero-order valence-corrected chi connectivity index (χ0v) is 12.1. The summed E-state index contributed by atoms with van der Waals surface area (Å²) in [6.07, 6.45) is 8.35. The van der Waals surface area contributed by atoms with Gasteiger partial charge in [-0.15, -0.1) is 0 Å². The number of fused-ring (bicyclic) bond motifs is 2. The fraction of sp³-hybridized carbons (Fsp3) is 0.857. The average Bonchev–Trinajstić information content (AvgIpc) is 3.01. The van der Waals surface area contributed by atoms with Crippen LogP contribution in [0.2, 0.25) is 0 Å². The first kappa shape index (κ1) is 13.2. The van der Waals surface area contributed by atoms with Crippen molar-refractivity contribution in [1.29, 1.82) is 0 Å². The minimum absolute atomic E-state index is 0.202. The van der Waals surface area contributed by atoms with Gasteiger partial charge in [-0.1, -0.05) is 6.42 Å². The minimum atomic E-state index is -0.239. The molecule has 0 aromatic rings. The number of hydrogen-bond donors (Lipinski definition) is 2. The van der Waals surface area contributed by atoms with Crippen molar-refractivity contribution in [2.24, 2.45) is 17.6 Å². The molecular formula is C14H23N3OS. The van der Waals surface area contributed by atoms with E-state index in [1.54, 1.807) is 0 Å². The van der Waals surface area contributed by atoms with Gasteiger partial charge in [0, 0.05) is 12.6 Å². The molecule has 3 N–H and O–H groups in total. The molecule has 1 amide bonds. The fourth-order valence-corrected chi connectivity index (χ4v) is 4.50. The highest BCUT2D eigenvalue weighted by Gasteiger charge is 2.40. The number of nitrogens with two attached hydrogens (primary N) is 1.